The largest absolute Gasteiger partial charge is 0.491 e. The number of benzene rings is 1. The lowest BCUT2D eigenvalue weighted by atomic mass is 10.1. The lowest BCUT2D eigenvalue weighted by Gasteiger charge is -2.24. The SMILES string of the molecule is Cn1nccc1C=CC(=O)N1CCOc2ccccc2CCCOC[C@@H](O)[C@@H](O)CC1. The Morgan fingerprint density at radius 2 is 2.00 bits per heavy atom. The molecule has 2 atom stereocenters. The highest BCUT2D eigenvalue weighted by Gasteiger charge is 2.20. The Bertz CT molecular complexity index is 866. The van der Waals surface area contributed by atoms with Crippen LogP contribution >= 0.6 is 0 Å². The maximum atomic E-state index is 12.8. The summed E-state index contributed by atoms with van der Waals surface area (Å²) in [6, 6.07) is 9.66. The van der Waals surface area contributed by atoms with Gasteiger partial charge in [0, 0.05) is 32.5 Å². The van der Waals surface area contributed by atoms with Gasteiger partial charge in [-0.2, -0.15) is 5.10 Å². The highest BCUT2D eigenvalue weighted by atomic mass is 16.5. The second-order valence-corrected chi connectivity index (χ2v) is 7.60. The van der Waals surface area contributed by atoms with Crippen LogP contribution in [0.2, 0.25) is 0 Å². The minimum absolute atomic E-state index is 0.0631. The number of amides is 1. The van der Waals surface area contributed by atoms with Crippen molar-refractivity contribution in [3.63, 3.8) is 0 Å². The number of nitrogens with zero attached hydrogens (tertiary/aromatic N) is 3. The van der Waals surface area contributed by atoms with E-state index in [2.05, 4.69) is 5.10 Å². The van der Waals surface area contributed by atoms with Gasteiger partial charge >= 0.3 is 0 Å². The molecule has 1 amide bonds. The van der Waals surface area contributed by atoms with Gasteiger partial charge in [0.2, 0.25) is 5.91 Å². The monoisotopic (exact) mass is 429 g/mol. The Kier molecular flexibility index (Phi) is 8.63. The van der Waals surface area contributed by atoms with Crippen LogP contribution in [0.5, 0.6) is 5.75 Å². The number of aliphatic hydroxyl groups is 2. The molecule has 0 aliphatic carbocycles. The van der Waals surface area contributed by atoms with Crippen LogP contribution in [-0.4, -0.2) is 75.9 Å². The molecule has 1 aliphatic rings. The van der Waals surface area contributed by atoms with E-state index in [0.29, 0.717) is 19.8 Å². The zero-order valence-electron chi connectivity index (χ0n) is 17.9. The highest BCUT2D eigenvalue weighted by molar-refractivity contribution is 5.91. The Hall–Kier alpha value is -2.68. The van der Waals surface area contributed by atoms with Gasteiger partial charge in [-0.05, 0) is 43.0 Å². The number of para-hydroxylation sites is 1. The summed E-state index contributed by atoms with van der Waals surface area (Å²) in [5.74, 6) is 0.607. The first-order valence-corrected chi connectivity index (χ1v) is 10.6. The average Bonchev–Trinajstić information content (AvgIpc) is 3.18. The van der Waals surface area contributed by atoms with Crippen LogP contribution in [0.4, 0.5) is 0 Å². The molecule has 168 valence electrons. The Morgan fingerprint density at radius 3 is 2.81 bits per heavy atom. The van der Waals surface area contributed by atoms with E-state index < -0.39 is 12.2 Å². The summed E-state index contributed by atoms with van der Waals surface area (Å²) in [5, 5.41) is 24.5. The van der Waals surface area contributed by atoms with Crippen molar-refractivity contribution < 1.29 is 24.5 Å². The highest BCUT2D eigenvalue weighted by Crippen LogP contribution is 2.20. The van der Waals surface area contributed by atoms with Crippen molar-refractivity contribution in [1.82, 2.24) is 14.7 Å². The minimum Gasteiger partial charge on any atom is -0.491 e. The minimum atomic E-state index is -0.990. The normalized spacial score (nSPS) is 21.7. The summed E-state index contributed by atoms with van der Waals surface area (Å²) in [7, 11) is 1.81. The number of aryl methyl sites for hydroxylation is 2. The number of carbonyl (C=O) groups excluding carboxylic acids is 1. The molecule has 1 aromatic carbocycles. The van der Waals surface area contributed by atoms with E-state index >= 15 is 0 Å². The smallest absolute Gasteiger partial charge is 0.246 e. The summed E-state index contributed by atoms with van der Waals surface area (Å²) < 4.78 is 13.2. The number of hydrogen-bond donors (Lipinski definition) is 2. The standard InChI is InChI=1S/C23H31N3O5/c1-25-19(10-12-24-25)8-9-23(29)26-13-11-20(27)21(28)17-30-15-4-6-18-5-2-3-7-22(18)31-16-14-26/h2-3,5,7-10,12,20-21,27-28H,4,6,11,13-17H2,1H3/t20-,21+/m0/s1. The molecular formula is C23H31N3O5. The predicted molar refractivity (Wildman–Crippen MR) is 117 cm³/mol. The van der Waals surface area contributed by atoms with Crippen LogP contribution < -0.4 is 4.74 Å². The molecule has 2 aromatic rings. The molecule has 0 fully saturated rings. The molecule has 0 bridgehead atoms. The molecule has 8 heteroatoms. The second-order valence-electron chi connectivity index (χ2n) is 7.60. The van der Waals surface area contributed by atoms with Gasteiger partial charge in [-0.1, -0.05) is 18.2 Å². The van der Waals surface area contributed by atoms with Gasteiger partial charge in [-0.25, -0.2) is 0 Å². The third kappa shape index (κ3) is 6.92. The van der Waals surface area contributed by atoms with Crippen LogP contribution in [0, 0.1) is 0 Å². The Balaban J connectivity index is 1.71. The van der Waals surface area contributed by atoms with E-state index in [9.17, 15) is 15.0 Å². The van der Waals surface area contributed by atoms with Crippen LogP contribution in [0.15, 0.2) is 42.6 Å². The van der Waals surface area contributed by atoms with Gasteiger partial charge < -0.3 is 24.6 Å². The molecule has 0 saturated heterocycles. The van der Waals surface area contributed by atoms with Crippen molar-refractivity contribution >= 4 is 12.0 Å². The quantitative estimate of drug-likeness (QED) is 0.701. The summed E-state index contributed by atoms with van der Waals surface area (Å²) in [5.41, 5.74) is 1.89. The molecule has 0 unspecified atom stereocenters. The first-order valence-electron chi connectivity index (χ1n) is 10.6. The van der Waals surface area contributed by atoms with Crippen LogP contribution in [-0.2, 0) is 23.0 Å². The van der Waals surface area contributed by atoms with Crippen molar-refractivity contribution in [1.29, 1.82) is 0 Å². The fourth-order valence-electron chi connectivity index (χ4n) is 3.42. The van der Waals surface area contributed by atoms with Gasteiger partial charge in [0.25, 0.3) is 0 Å². The van der Waals surface area contributed by atoms with Crippen molar-refractivity contribution in [3.05, 3.63) is 53.9 Å². The number of aromatic nitrogens is 2. The van der Waals surface area contributed by atoms with Gasteiger partial charge in [-0.3, -0.25) is 9.48 Å². The maximum Gasteiger partial charge on any atom is 0.246 e. The van der Waals surface area contributed by atoms with Crippen LogP contribution in [0.25, 0.3) is 6.08 Å². The van der Waals surface area contributed by atoms with E-state index in [1.54, 1.807) is 28.9 Å². The fraction of sp³-hybridized carbons (Fsp3) is 0.478. The molecule has 1 aromatic heterocycles. The molecule has 0 radical (unpaired) electrons. The molecular weight excluding hydrogens is 398 g/mol. The third-order valence-electron chi connectivity index (χ3n) is 5.32. The van der Waals surface area contributed by atoms with E-state index in [1.807, 2.05) is 30.3 Å². The molecule has 2 N–H and O–H groups in total. The molecule has 0 spiro atoms. The number of carbonyl (C=O) groups is 1. The topological polar surface area (TPSA) is 97.1 Å². The Labute approximate surface area is 182 Å². The summed E-state index contributed by atoms with van der Waals surface area (Å²) in [6.07, 6.45) is 4.71. The first kappa shape index (κ1) is 23.0. The number of rotatable bonds is 2. The van der Waals surface area contributed by atoms with Gasteiger partial charge in [-0.15, -0.1) is 0 Å². The predicted octanol–water partition coefficient (Wildman–Crippen LogP) is 1.42. The zero-order valence-corrected chi connectivity index (χ0v) is 17.9. The van der Waals surface area contributed by atoms with Crippen LogP contribution in [0.3, 0.4) is 0 Å². The average molecular weight is 430 g/mol. The summed E-state index contributed by atoms with van der Waals surface area (Å²) in [6.45, 7) is 1.53. The van der Waals surface area contributed by atoms with Crippen LogP contribution in [0.1, 0.15) is 24.1 Å². The molecule has 3 rings (SSSR count). The lowest BCUT2D eigenvalue weighted by Crippen LogP contribution is -2.38. The van der Waals surface area contributed by atoms with Crippen molar-refractivity contribution in [2.45, 2.75) is 31.5 Å². The second kappa shape index (κ2) is 11.6. The lowest BCUT2D eigenvalue weighted by molar-refractivity contribution is -0.127. The molecule has 8 nitrogen and oxygen atoms in total. The zero-order chi connectivity index (χ0) is 22.1. The van der Waals surface area contributed by atoms with Gasteiger partial charge in [0.05, 0.1) is 24.9 Å². The van der Waals surface area contributed by atoms with Crippen molar-refractivity contribution in [2.24, 2.45) is 7.05 Å². The molecule has 2 heterocycles. The van der Waals surface area contributed by atoms with E-state index in [1.165, 1.54) is 6.08 Å². The van der Waals surface area contributed by atoms with Gasteiger partial charge in [0.15, 0.2) is 0 Å². The fourth-order valence-corrected chi connectivity index (χ4v) is 3.42. The Morgan fingerprint density at radius 1 is 1.16 bits per heavy atom. The number of fused-ring (bicyclic) bond motifs is 1. The number of ether oxygens (including phenoxy) is 2. The summed E-state index contributed by atoms with van der Waals surface area (Å²) in [4.78, 5) is 14.4. The third-order valence-corrected chi connectivity index (χ3v) is 5.32. The number of aliphatic hydroxyl groups excluding tert-OH is 2. The van der Waals surface area contributed by atoms with E-state index in [0.717, 1.165) is 29.8 Å². The summed E-state index contributed by atoms with van der Waals surface area (Å²) >= 11 is 0. The first-order chi connectivity index (χ1) is 15.0. The van der Waals surface area contributed by atoms with E-state index in [4.69, 9.17) is 9.47 Å². The number of hydrogen-bond acceptors (Lipinski definition) is 6. The van der Waals surface area contributed by atoms with Gasteiger partial charge in [0.1, 0.15) is 18.5 Å². The molecule has 31 heavy (non-hydrogen) atoms. The maximum absolute atomic E-state index is 12.8. The molecule has 0 saturated carbocycles. The molecule has 1 aliphatic heterocycles. The van der Waals surface area contributed by atoms with E-state index in [-0.39, 0.29) is 25.5 Å². The van der Waals surface area contributed by atoms with Crippen molar-refractivity contribution in [3.8, 4) is 5.75 Å². The van der Waals surface area contributed by atoms with Crippen molar-refractivity contribution in [2.75, 3.05) is 32.9 Å².